The molecule has 1 amide bonds. The van der Waals surface area contributed by atoms with Crippen LogP contribution in [0, 0.1) is 30.6 Å². The lowest BCUT2D eigenvalue weighted by Gasteiger charge is -2.33. The van der Waals surface area contributed by atoms with E-state index in [1.54, 1.807) is 12.1 Å². The predicted octanol–water partition coefficient (Wildman–Crippen LogP) is 3.34. The Morgan fingerprint density at radius 3 is 2.32 bits per heavy atom. The first kappa shape index (κ1) is 19.9. The second-order valence-electron chi connectivity index (χ2n) is 9.13. The smallest absolute Gasteiger partial charge is 0.243 e. The van der Waals surface area contributed by atoms with Crippen molar-refractivity contribution in [3.05, 3.63) is 29.8 Å². The highest BCUT2D eigenvalue weighted by atomic mass is 32.2. The number of nitrogens with one attached hydrogen (secondary N) is 1. The molecule has 1 aromatic rings. The maximum absolute atomic E-state index is 12.8. The van der Waals surface area contributed by atoms with Crippen LogP contribution in [0.1, 0.15) is 51.0 Å². The van der Waals surface area contributed by atoms with Crippen molar-refractivity contribution in [2.75, 3.05) is 13.1 Å². The Morgan fingerprint density at radius 1 is 1.07 bits per heavy atom. The van der Waals surface area contributed by atoms with Crippen LogP contribution in [0.15, 0.2) is 29.2 Å². The van der Waals surface area contributed by atoms with E-state index in [-0.39, 0.29) is 17.9 Å². The highest BCUT2D eigenvalue weighted by molar-refractivity contribution is 7.89. The van der Waals surface area contributed by atoms with Crippen LogP contribution < -0.4 is 5.32 Å². The van der Waals surface area contributed by atoms with Gasteiger partial charge in [0.2, 0.25) is 15.9 Å². The highest BCUT2D eigenvalue weighted by Gasteiger charge is 2.42. The quantitative estimate of drug-likeness (QED) is 0.818. The van der Waals surface area contributed by atoms with Gasteiger partial charge in [-0.15, -0.1) is 0 Å². The Morgan fingerprint density at radius 2 is 1.75 bits per heavy atom. The first-order valence-corrected chi connectivity index (χ1v) is 12.2. The van der Waals surface area contributed by atoms with E-state index in [9.17, 15) is 13.2 Å². The van der Waals surface area contributed by atoms with Crippen molar-refractivity contribution in [3.63, 3.8) is 0 Å². The predicted molar refractivity (Wildman–Crippen MR) is 109 cm³/mol. The van der Waals surface area contributed by atoms with Crippen LogP contribution in [0.3, 0.4) is 0 Å². The SMILES string of the molecule is Cc1ccc(S(=O)(=O)N2CCC(C(=O)NC(C)C3CC4CCC3C4)CC2)cc1. The number of hydrogen-bond donors (Lipinski definition) is 1. The zero-order chi connectivity index (χ0) is 19.9. The van der Waals surface area contributed by atoms with Crippen molar-refractivity contribution >= 4 is 15.9 Å². The summed E-state index contributed by atoms with van der Waals surface area (Å²) in [7, 11) is -3.47. The minimum atomic E-state index is -3.47. The Labute approximate surface area is 168 Å². The Bertz CT molecular complexity index is 813. The van der Waals surface area contributed by atoms with Gasteiger partial charge in [-0.2, -0.15) is 4.31 Å². The number of aryl methyl sites for hydroxylation is 1. The van der Waals surface area contributed by atoms with Crippen molar-refractivity contribution in [2.45, 2.75) is 63.3 Å². The molecule has 4 rings (SSSR count). The van der Waals surface area contributed by atoms with E-state index in [1.165, 1.54) is 30.0 Å². The minimum Gasteiger partial charge on any atom is -0.353 e. The lowest BCUT2D eigenvalue weighted by atomic mass is 9.83. The summed E-state index contributed by atoms with van der Waals surface area (Å²) >= 11 is 0. The average molecular weight is 405 g/mol. The summed E-state index contributed by atoms with van der Waals surface area (Å²) in [6.45, 7) is 4.92. The summed E-state index contributed by atoms with van der Waals surface area (Å²) in [6.07, 6.45) is 6.50. The molecule has 4 unspecified atom stereocenters. The van der Waals surface area contributed by atoms with Gasteiger partial charge in [-0.3, -0.25) is 4.79 Å². The van der Waals surface area contributed by atoms with Gasteiger partial charge in [0.15, 0.2) is 0 Å². The van der Waals surface area contributed by atoms with E-state index < -0.39 is 10.0 Å². The summed E-state index contributed by atoms with van der Waals surface area (Å²) in [5, 5.41) is 3.26. The largest absolute Gasteiger partial charge is 0.353 e. The maximum atomic E-state index is 12.8. The third-order valence-corrected chi connectivity index (χ3v) is 9.20. The molecule has 0 aromatic heterocycles. The van der Waals surface area contributed by atoms with Crippen LogP contribution in [-0.4, -0.2) is 37.8 Å². The third-order valence-electron chi connectivity index (χ3n) is 7.29. The van der Waals surface area contributed by atoms with Crippen molar-refractivity contribution in [1.29, 1.82) is 0 Å². The number of sulfonamides is 1. The lowest BCUT2D eigenvalue weighted by molar-refractivity contribution is -0.127. The van der Waals surface area contributed by atoms with E-state index in [4.69, 9.17) is 0 Å². The highest BCUT2D eigenvalue weighted by Crippen LogP contribution is 2.49. The Hall–Kier alpha value is -1.40. The molecule has 28 heavy (non-hydrogen) atoms. The Kier molecular flexibility index (Phi) is 5.53. The zero-order valence-corrected chi connectivity index (χ0v) is 17.7. The van der Waals surface area contributed by atoms with Gasteiger partial charge in [0.25, 0.3) is 0 Å². The molecule has 2 bridgehead atoms. The molecule has 3 aliphatic rings. The standard InChI is InChI=1S/C22H32N2O3S/c1-15-3-7-20(8-4-15)28(26,27)24-11-9-18(10-12-24)22(25)23-16(2)21-14-17-5-6-19(21)13-17/h3-4,7-8,16-19,21H,5-6,9-14H2,1-2H3,(H,23,25). The van der Waals surface area contributed by atoms with Gasteiger partial charge >= 0.3 is 0 Å². The fraction of sp³-hybridized carbons (Fsp3) is 0.682. The maximum Gasteiger partial charge on any atom is 0.243 e. The van der Waals surface area contributed by atoms with Crippen LogP contribution in [-0.2, 0) is 14.8 Å². The summed E-state index contributed by atoms with van der Waals surface area (Å²) in [4.78, 5) is 13.1. The van der Waals surface area contributed by atoms with Crippen LogP contribution in [0.2, 0.25) is 0 Å². The normalized spacial score (nSPS) is 29.7. The summed E-state index contributed by atoms with van der Waals surface area (Å²) in [5.74, 6) is 2.34. The molecule has 0 radical (unpaired) electrons. The van der Waals surface area contributed by atoms with E-state index in [2.05, 4.69) is 12.2 Å². The second kappa shape index (κ2) is 7.79. The van der Waals surface area contributed by atoms with Gasteiger partial charge in [0, 0.05) is 25.0 Å². The van der Waals surface area contributed by atoms with Gasteiger partial charge in [-0.25, -0.2) is 8.42 Å². The van der Waals surface area contributed by atoms with Gasteiger partial charge in [0.1, 0.15) is 0 Å². The van der Waals surface area contributed by atoms with Crippen LogP contribution >= 0.6 is 0 Å². The molecule has 1 N–H and O–H groups in total. The van der Waals surface area contributed by atoms with Crippen molar-refractivity contribution in [2.24, 2.45) is 23.7 Å². The molecular formula is C22H32N2O3S. The first-order valence-electron chi connectivity index (χ1n) is 10.7. The topological polar surface area (TPSA) is 66.5 Å². The summed E-state index contributed by atoms with van der Waals surface area (Å²) in [5.41, 5.74) is 1.04. The van der Waals surface area contributed by atoms with Gasteiger partial charge in [-0.05, 0) is 75.8 Å². The van der Waals surface area contributed by atoms with Crippen LogP contribution in [0.5, 0.6) is 0 Å². The van der Waals surface area contributed by atoms with Gasteiger partial charge < -0.3 is 5.32 Å². The number of nitrogens with zero attached hydrogens (tertiary/aromatic N) is 1. The summed E-state index contributed by atoms with van der Waals surface area (Å²) < 4.78 is 27.2. The van der Waals surface area contributed by atoms with Crippen molar-refractivity contribution < 1.29 is 13.2 Å². The van der Waals surface area contributed by atoms with Crippen molar-refractivity contribution in [3.8, 4) is 0 Å². The second-order valence-corrected chi connectivity index (χ2v) is 11.1. The van der Waals surface area contributed by atoms with Gasteiger partial charge in [0.05, 0.1) is 4.90 Å². The van der Waals surface area contributed by atoms with Crippen LogP contribution in [0.25, 0.3) is 0 Å². The molecular weight excluding hydrogens is 372 g/mol. The van der Waals surface area contributed by atoms with Crippen molar-refractivity contribution in [1.82, 2.24) is 9.62 Å². The number of benzene rings is 1. The molecule has 1 heterocycles. The van der Waals surface area contributed by atoms with E-state index in [0.717, 1.165) is 17.4 Å². The van der Waals surface area contributed by atoms with Gasteiger partial charge in [-0.1, -0.05) is 24.1 Å². The molecule has 4 atom stereocenters. The van der Waals surface area contributed by atoms with Crippen LogP contribution in [0.4, 0.5) is 0 Å². The number of hydrogen-bond acceptors (Lipinski definition) is 3. The number of carbonyl (C=O) groups excluding carboxylic acids is 1. The molecule has 1 aliphatic heterocycles. The molecule has 3 fully saturated rings. The molecule has 1 saturated heterocycles. The molecule has 6 heteroatoms. The fourth-order valence-corrected chi connectivity index (χ4v) is 7.04. The van der Waals surface area contributed by atoms with E-state index in [0.29, 0.717) is 36.7 Å². The number of rotatable bonds is 5. The molecule has 154 valence electrons. The molecule has 1 aromatic carbocycles. The molecule has 2 saturated carbocycles. The molecule has 2 aliphatic carbocycles. The number of fused-ring (bicyclic) bond motifs is 2. The minimum absolute atomic E-state index is 0.0782. The third kappa shape index (κ3) is 3.86. The van der Waals surface area contributed by atoms with E-state index >= 15 is 0 Å². The number of piperidine rings is 1. The lowest BCUT2D eigenvalue weighted by Crippen LogP contribution is -2.47. The first-order chi connectivity index (χ1) is 13.3. The zero-order valence-electron chi connectivity index (χ0n) is 16.9. The molecule has 0 spiro atoms. The number of amides is 1. The van der Waals surface area contributed by atoms with E-state index in [1.807, 2.05) is 19.1 Å². The number of carbonyl (C=O) groups is 1. The summed E-state index contributed by atoms with van der Waals surface area (Å²) in [6, 6.07) is 7.21. The fourth-order valence-electron chi connectivity index (χ4n) is 5.57. The Balaban J connectivity index is 1.31. The monoisotopic (exact) mass is 404 g/mol. The molecule has 5 nitrogen and oxygen atoms in total. The average Bonchev–Trinajstić information content (AvgIpc) is 3.32.